The molecule has 8 heteroatoms. The average Bonchev–Trinajstić information content (AvgIpc) is 3.10. The summed E-state index contributed by atoms with van der Waals surface area (Å²) in [5.41, 5.74) is 4.95. The Hall–Kier alpha value is -3.19. The molecule has 0 fully saturated rings. The number of fused-ring (bicyclic) bond motifs is 1. The van der Waals surface area contributed by atoms with Gasteiger partial charge < -0.3 is 10.6 Å². The summed E-state index contributed by atoms with van der Waals surface area (Å²) in [6.45, 7) is 5.83. The fourth-order valence-corrected chi connectivity index (χ4v) is 3.63. The molecule has 2 N–H and O–H groups in total. The summed E-state index contributed by atoms with van der Waals surface area (Å²) >= 11 is 6.20. The zero-order valence-electron chi connectivity index (χ0n) is 15.7. The maximum absolute atomic E-state index is 13.3. The van der Waals surface area contributed by atoms with Crippen LogP contribution < -0.4 is 10.6 Å². The Morgan fingerprint density at radius 2 is 2.00 bits per heavy atom. The molecule has 7 nitrogen and oxygen atoms in total. The lowest BCUT2D eigenvalue weighted by Crippen LogP contribution is -2.31. The van der Waals surface area contributed by atoms with E-state index in [9.17, 15) is 4.79 Å². The van der Waals surface area contributed by atoms with Crippen LogP contribution in [0.15, 0.2) is 53.7 Å². The van der Waals surface area contributed by atoms with Gasteiger partial charge in [0.15, 0.2) is 0 Å². The van der Waals surface area contributed by atoms with Crippen LogP contribution in [0.3, 0.4) is 0 Å². The van der Waals surface area contributed by atoms with Gasteiger partial charge in [-0.15, -0.1) is 0 Å². The number of aromatic nitrogens is 4. The van der Waals surface area contributed by atoms with Crippen LogP contribution in [-0.4, -0.2) is 26.1 Å². The van der Waals surface area contributed by atoms with Gasteiger partial charge in [-0.3, -0.25) is 4.79 Å². The third-order valence-electron chi connectivity index (χ3n) is 4.75. The third-order valence-corrected chi connectivity index (χ3v) is 4.99. The van der Waals surface area contributed by atoms with Crippen molar-refractivity contribution in [1.82, 2.24) is 20.2 Å². The minimum Gasteiger partial charge on any atom is -0.326 e. The summed E-state index contributed by atoms with van der Waals surface area (Å²) < 4.78 is 1.59. The van der Waals surface area contributed by atoms with Crippen molar-refractivity contribution in [3.63, 3.8) is 0 Å². The molecule has 1 amide bonds. The maximum atomic E-state index is 13.3. The van der Waals surface area contributed by atoms with Gasteiger partial charge in [-0.1, -0.05) is 46.5 Å². The van der Waals surface area contributed by atoms with Gasteiger partial charge in [0.2, 0.25) is 5.95 Å². The molecule has 1 aliphatic rings. The summed E-state index contributed by atoms with van der Waals surface area (Å²) in [5, 5.41) is 18.5. The lowest BCUT2D eigenvalue weighted by atomic mass is 9.95. The van der Waals surface area contributed by atoms with Crippen LogP contribution >= 0.6 is 11.6 Å². The zero-order valence-corrected chi connectivity index (χ0v) is 16.4. The summed E-state index contributed by atoms with van der Waals surface area (Å²) in [4.78, 5) is 13.3. The number of carbonyl (C=O) groups excluding carboxylic acids is 1. The standard InChI is InChI=1S/C20H19ClN6O/c1-11-7-8-16(12(2)9-11)23-19(28)17-13(3)22-20-24-25-26-27(20)18(17)14-5-4-6-15(21)10-14/h4-10,18H,1-3H3,(H,23,28)(H,22,24,26)/t18-/m1/s1. The van der Waals surface area contributed by atoms with Crippen molar-refractivity contribution in [3.05, 3.63) is 75.4 Å². The normalized spacial score (nSPS) is 15.8. The van der Waals surface area contributed by atoms with Gasteiger partial charge in [-0.2, -0.15) is 4.68 Å². The Kier molecular flexibility index (Phi) is 4.60. The minimum atomic E-state index is -0.490. The number of amides is 1. The van der Waals surface area contributed by atoms with E-state index in [-0.39, 0.29) is 5.91 Å². The molecular weight excluding hydrogens is 376 g/mol. The van der Waals surface area contributed by atoms with Crippen LogP contribution in [0.1, 0.15) is 29.7 Å². The topological polar surface area (TPSA) is 84.7 Å². The largest absolute Gasteiger partial charge is 0.326 e. The van der Waals surface area contributed by atoms with Gasteiger partial charge in [0.25, 0.3) is 5.91 Å². The lowest BCUT2D eigenvalue weighted by molar-refractivity contribution is -0.113. The predicted octanol–water partition coefficient (Wildman–Crippen LogP) is 3.87. The first-order valence-corrected chi connectivity index (χ1v) is 9.21. The Morgan fingerprint density at radius 1 is 1.18 bits per heavy atom. The highest BCUT2D eigenvalue weighted by molar-refractivity contribution is 6.30. The van der Waals surface area contributed by atoms with Gasteiger partial charge in [0.05, 0.1) is 5.57 Å². The lowest BCUT2D eigenvalue weighted by Gasteiger charge is -2.28. The molecular formula is C20H19ClN6O. The van der Waals surface area contributed by atoms with E-state index in [4.69, 9.17) is 11.6 Å². The van der Waals surface area contributed by atoms with Crippen molar-refractivity contribution in [2.24, 2.45) is 0 Å². The molecule has 3 aromatic rings. The SMILES string of the molecule is CC1=C(C(=O)Nc2ccc(C)cc2C)[C@@H](c2cccc(Cl)c2)n2nnnc2N1. The molecule has 1 aliphatic heterocycles. The highest BCUT2D eigenvalue weighted by atomic mass is 35.5. The molecule has 28 heavy (non-hydrogen) atoms. The molecule has 2 heterocycles. The van der Waals surface area contributed by atoms with Crippen molar-refractivity contribution in [2.75, 3.05) is 10.6 Å². The smallest absolute Gasteiger partial charge is 0.255 e. The second-order valence-corrected chi connectivity index (χ2v) is 7.28. The van der Waals surface area contributed by atoms with Crippen LogP contribution in [0, 0.1) is 13.8 Å². The van der Waals surface area contributed by atoms with E-state index in [1.807, 2.05) is 57.2 Å². The number of nitrogens with one attached hydrogen (secondary N) is 2. The first-order chi connectivity index (χ1) is 13.4. The van der Waals surface area contributed by atoms with E-state index in [2.05, 4.69) is 26.2 Å². The Balaban J connectivity index is 1.77. The van der Waals surface area contributed by atoms with Crippen molar-refractivity contribution in [3.8, 4) is 0 Å². The van der Waals surface area contributed by atoms with Crippen molar-refractivity contribution in [2.45, 2.75) is 26.8 Å². The number of aryl methyl sites for hydroxylation is 2. The molecule has 0 saturated heterocycles. The van der Waals surface area contributed by atoms with Gasteiger partial charge in [0, 0.05) is 16.4 Å². The number of allylic oxidation sites excluding steroid dienone is 1. The Morgan fingerprint density at radius 3 is 2.75 bits per heavy atom. The Labute approximate surface area is 167 Å². The van der Waals surface area contributed by atoms with Crippen LogP contribution in [0.2, 0.25) is 5.02 Å². The van der Waals surface area contributed by atoms with Crippen LogP contribution in [0.4, 0.5) is 11.6 Å². The molecule has 0 spiro atoms. The number of rotatable bonds is 3. The highest BCUT2D eigenvalue weighted by Gasteiger charge is 2.34. The fourth-order valence-electron chi connectivity index (χ4n) is 3.43. The number of halogens is 1. The van der Waals surface area contributed by atoms with Gasteiger partial charge in [0.1, 0.15) is 6.04 Å². The molecule has 1 atom stereocenters. The second-order valence-electron chi connectivity index (χ2n) is 6.84. The number of anilines is 2. The number of hydrogen-bond acceptors (Lipinski definition) is 5. The van der Waals surface area contributed by atoms with Crippen LogP contribution in [-0.2, 0) is 4.79 Å². The number of nitrogens with zero attached hydrogens (tertiary/aromatic N) is 4. The highest BCUT2D eigenvalue weighted by Crippen LogP contribution is 2.35. The number of carbonyl (C=O) groups is 1. The predicted molar refractivity (Wildman–Crippen MR) is 108 cm³/mol. The van der Waals surface area contributed by atoms with E-state index in [1.165, 1.54) is 0 Å². The number of tetrazole rings is 1. The van der Waals surface area contributed by atoms with E-state index in [0.29, 0.717) is 22.2 Å². The Bertz CT molecular complexity index is 1100. The van der Waals surface area contributed by atoms with E-state index < -0.39 is 6.04 Å². The van der Waals surface area contributed by atoms with Gasteiger partial charge in [-0.25, -0.2) is 0 Å². The summed E-state index contributed by atoms with van der Waals surface area (Å²) in [7, 11) is 0. The van der Waals surface area contributed by atoms with Crippen molar-refractivity contribution in [1.29, 1.82) is 0 Å². The van der Waals surface area contributed by atoms with Gasteiger partial charge >= 0.3 is 0 Å². The second kappa shape index (κ2) is 7.09. The van der Waals surface area contributed by atoms with E-state index in [0.717, 1.165) is 22.4 Å². The third kappa shape index (κ3) is 3.25. The quantitative estimate of drug-likeness (QED) is 0.704. The first-order valence-electron chi connectivity index (χ1n) is 8.84. The molecule has 0 aliphatic carbocycles. The van der Waals surface area contributed by atoms with Crippen LogP contribution in [0.5, 0.6) is 0 Å². The minimum absolute atomic E-state index is 0.219. The van der Waals surface area contributed by atoms with Gasteiger partial charge in [-0.05, 0) is 60.5 Å². The zero-order chi connectivity index (χ0) is 19.8. The molecule has 0 saturated carbocycles. The van der Waals surface area contributed by atoms with E-state index in [1.54, 1.807) is 10.7 Å². The molecule has 0 unspecified atom stereocenters. The molecule has 142 valence electrons. The summed E-state index contributed by atoms with van der Waals surface area (Å²) in [5.74, 6) is 0.258. The first kappa shape index (κ1) is 18.2. The van der Waals surface area contributed by atoms with Crippen molar-refractivity contribution < 1.29 is 4.79 Å². The average molecular weight is 395 g/mol. The van der Waals surface area contributed by atoms with Crippen molar-refractivity contribution >= 4 is 29.1 Å². The maximum Gasteiger partial charge on any atom is 0.255 e. The summed E-state index contributed by atoms with van der Waals surface area (Å²) in [6, 6.07) is 12.8. The number of benzene rings is 2. The van der Waals surface area contributed by atoms with E-state index >= 15 is 0 Å². The monoisotopic (exact) mass is 394 g/mol. The fraction of sp³-hybridized carbons (Fsp3) is 0.200. The molecule has 4 rings (SSSR count). The molecule has 0 bridgehead atoms. The molecule has 1 aromatic heterocycles. The molecule has 2 aromatic carbocycles. The van der Waals surface area contributed by atoms with Crippen LogP contribution in [0.25, 0.3) is 0 Å². The number of hydrogen-bond donors (Lipinski definition) is 2. The summed E-state index contributed by atoms with van der Waals surface area (Å²) in [6.07, 6.45) is 0. The molecule has 0 radical (unpaired) electrons.